The highest BCUT2D eigenvalue weighted by atomic mass is 32.1. The molecule has 3 heterocycles. The van der Waals surface area contributed by atoms with Crippen molar-refractivity contribution in [2.24, 2.45) is 0 Å². The summed E-state index contributed by atoms with van der Waals surface area (Å²) in [5.74, 6) is 1.41. The smallest absolute Gasteiger partial charge is 0.247 e. The van der Waals surface area contributed by atoms with Crippen LogP contribution in [0.4, 0.5) is 10.9 Å². The van der Waals surface area contributed by atoms with Gasteiger partial charge >= 0.3 is 0 Å². The average Bonchev–Trinajstić information content (AvgIpc) is 3.16. The van der Waals surface area contributed by atoms with Gasteiger partial charge in [-0.3, -0.25) is 4.79 Å². The molecule has 0 saturated carbocycles. The van der Waals surface area contributed by atoms with Crippen LogP contribution in [0.25, 0.3) is 6.08 Å². The summed E-state index contributed by atoms with van der Waals surface area (Å²) in [6.45, 7) is 4.58. The summed E-state index contributed by atoms with van der Waals surface area (Å²) in [4.78, 5) is 28.5. The Bertz CT molecular complexity index is 1050. The molecule has 1 fully saturated rings. The van der Waals surface area contributed by atoms with Gasteiger partial charge in [-0.05, 0) is 44.7 Å². The van der Waals surface area contributed by atoms with Crippen LogP contribution >= 0.6 is 11.3 Å². The fourth-order valence-corrected chi connectivity index (χ4v) is 4.37. The van der Waals surface area contributed by atoms with Gasteiger partial charge in [0.05, 0.1) is 17.4 Å². The lowest BCUT2D eigenvalue weighted by molar-refractivity contribution is -0.129. The number of benzene rings is 1. The van der Waals surface area contributed by atoms with E-state index in [2.05, 4.69) is 20.3 Å². The predicted octanol–water partition coefficient (Wildman–Crippen LogP) is 5.06. The van der Waals surface area contributed by atoms with Gasteiger partial charge in [-0.25, -0.2) is 15.0 Å². The molecule has 1 saturated heterocycles. The Balaban J connectivity index is 1.56. The molecule has 1 aliphatic rings. The first-order chi connectivity index (χ1) is 14.6. The van der Waals surface area contributed by atoms with E-state index in [1.54, 1.807) is 17.4 Å². The minimum atomic E-state index is -0.0491. The SMILES string of the molecule is Cc1csc(Nc2cc([C@@H]3CCCCN3C(=O)/C=C/c3ccccc3)nc(C)n2)n1. The lowest BCUT2D eigenvalue weighted by Gasteiger charge is -2.35. The van der Waals surface area contributed by atoms with Crippen LogP contribution in [-0.2, 0) is 4.79 Å². The zero-order chi connectivity index (χ0) is 20.9. The lowest BCUT2D eigenvalue weighted by atomic mass is 9.98. The molecule has 0 unspecified atom stereocenters. The number of nitrogens with one attached hydrogen (secondary N) is 1. The second-order valence-corrected chi connectivity index (χ2v) is 8.29. The fraction of sp³-hybridized carbons (Fsp3) is 0.304. The molecular formula is C23H25N5OS. The van der Waals surface area contributed by atoms with Gasteiger partial charge in [0.25, 0.3) is 0 Å². The quantitative estimate of drug-likeness (QED) is 0.585. The number of likely N-dealkylation sites (tertiary alicyclic amines) is 1. The Morgan fingerprint density at radius 3 is 2.77 bits per heavy atom. The second-order valence-electron chi connectivity index (χ2n) is 7.43. The number of aryl methyl sites for hydroxylation is 2. The van der Waals surface area contributed by atoms with Crippen LogP contribution in [-0.4, -0.2) is 32.3 Å². The molecule has 0 radical (unpaired) electrons. The molecule has 1 atom stereocenters. The largest absolute Gasteiger partial charge is 0.331 e. The summed E-state index contributed by atoms with van der Waals surface area (Å²) in [7, 11) is 0. The molecule has 30 heavy (non-hydrogen) atoms. The Kier molecular flexibility index (Phi) is 6.18. The first-order valence-corrected chi connectivity index (χ1v) is 11.0. The van der Waals surface area contributed by atoms with E-state index in [1.807, 2.05) is 66.6 Å². The first kappa shape index (κ1) is 20.2. The van der Waals surface area contributed by atoms with Gasteiger partial charge < -0.3 is 10.2 Å². The van der Waals surface area contributed by atoms with Crippen molar-refractivity contribution in [2.45, 2.75) is 39.2 Å². The molecule has 154 valence electrons. The zero-order valence-electron chi connectivity index (χ0n) is 17.2. The third-order valence-electron chi connectivity index (χ3n) is 5.06. The molecule has 1 aromatic carbocycles. The number of carbonyl (C=O) groups is 1. The van der Waals surface area contributed by atoms with E-state index in [1.165, 1.54) is 0 Å². The highest BCUT2D eigenvalue weighted by molar-refractivity contribution is 7.13. The fourth-order valence-electron chi connectivity index (χ4n) is 3.68. The van der Waals surface area contributed by atoms with Crippen molar-refractivity contribution in [3.05, 3.63) is 70.6 Å². The normalized spacial score (nSPS) is 16.7. The zero-order valence-corrected chi connectivity index (χ0v) is 18.0. The van der Waals surface area contributed by atoms with Crippen molar-refractivity contribution >= 4 is 34.3 Å². The van der Waals surface area contributed by atoms with Crippen LogP contribution in [0.2, 0.25) is 0 Å². The Morgan fingerprint density at radius 1 is 1.17 bits per heavy atom. The first-order valence-electron chi connectivity index (χ1n) is 10.2. The van der Waals surface area contributed by atoms with E-state index < -0.39 is 0 Å². The number of amides is 1. The van der Waals surface area contributed by atoms with E-state index in [9.17, 15) is 4.79 Å². The van der Waals surface area contributed by atoms with Crippen LogP contribution < -0.4 is 5.32 Å². The van der Waals surface area contributed by atoms with Crippen LogP contribution in [0.5, 0.6) is 0 Å². The summed E-state index contributed by atoms with van der Waals surface area (Å²) in [6, 6.07) is 11.8. The van der Waals surface area contributed by atoms with E-state index in [0.717, 1.165) is 47.9 Å². The van der Waals surface area contributed by atoms with Crippen LogP contribution in [0.3, 0.4) is 0 Å². The number of piperidine rings is 1. The molecule has 0 aliphatic carbocycles. The Hall–Kier alpha value is -3.06. The molecule has 4 rings (SSSR count). The number of rotatable bonds is 5. The minimum absolute atomic E-state index is 0.0184. The third-order valence-corrected chi connectivity index (χ3v) is 5.93. The van der Waals surface area contributed by atoms with Crippen molar-refractivity contribution in [3.63, 3.8) is 0 Å². The van der Waals surface area contributed by atoms with Gasteiger partial charge in [0.2, 0.25) is 5.91 Å². The standard InChI is InChI=1S/C23H25N5OS/c1-16-15-30-23(24-16)27-21-14-19(25-17(2)26-21)20-10-6-7-13-28(20)22(29)12-11-18-8-4-3-5-9-18/h3-5,8-9,11-12,14-15,20H,6-7,10,13H2,1-2H3,(H,24,25,26,27)/b12-11+/t20-/m0/s1. The maximum atomic E-state index is 13.0. The number of nitrogens with zero attached hydrogens (tertiary/aromatic N) is 4. The monoisotopic (exact) mass is 419 g/mol. The van der Waals surface area contributed by atoms with Crippen LogP contribution in [0.15, 0.2) is 47.9 Å². The number of aromatic nitrogens is 3. The molecule has 3 aromatic rings. The van der Waals surface area contributed by atoms with Crippen molar-refractivity contribution in [1.82, 2.24) is 19.9 Å². The molecule has 0 spiro atoms. The number of carbonyl (C=O) groups excluding carboxylic acids is 1. The van der Waals surface area contributed by atoms with Crippen molar-refractivity contribution in [2.75, 3.05) is 11.9 Å². The Labute approximate surface area is 180 Å². The molecular weight excluding hydrogens is 394 g/mol. The molecule has 2 aromatic heterocycles. The van der Waals surface area contributed by atoms with Gasteiger partial charge in [0.15, 0.2) is 5.13 Å². The molecule has 7 heteroatoms. The molecule has 6 nitrogen and oxygen atoms in total. The predicted molar refractivity (Wildman–Crippen MR) is 121 cm³/mol. The van der Waals surface area contributed by atoms with E-state index in [4.69, 9.17) is 0 Å². The van der Waals surface area contributed by atoms with Gasteiger partial charge in [0.1, 0.15) is 11.6 Å². The lowest BCUT2D eigenvalue weighted by Crippen LogP contribution is -2.38. The summed E-state index contributed by atoms with van der Waals surface area (Å²) >= 11 is 1.55. The minimum Gasteiger partial charge on any atom is -0.331 e. The van der Waals surface area contributed by atoms with E-state index in [0.29, 0.717) is 11.6 Å². The van der Waals surface area contributed by atoms with Crippen molar-refractivity contribution < 1.29 is 4.79 Å². The summed E-state index contributed by atoms with van der Waals surface area (Å²) in [5, 5.41) is 6.08. The maximum absolute atomic E-state index is 13.0. The van der Waals surface area contributed by atoms with Gasteiger partial charge in [-0.1, -0.05) is 30.3 Å². The van der Waals surface area contributed by atoms with E-state index >= 15 is 0 Å². The molecule has 1 N–H and O–H groups in total. The van der Waals surface area contributed by atoms with Crippen molar-refractivity contribution in [3.8, 4) is 0 Å². The molecule has 1 aliphatic heterocycles. The van der Waals surface area contributed by atoms with Crippen LogP contribution in [0.1, 0.15) is 48.1 Å². The third kappa shape index (κ3) is 4.91. The average molecular weight is 420 g/mol. The number of hydrogen-bond acceptors (Lipinski definition) is 6. The highest BCUT2D eigenvalue weighted by Gasteiger charge is 2.28. The second kappa shape index (κ2) is 9.17. The molecule has 0 bridgehead atoms. The van der Waals surface area contributed by atoms with Gasteiger partial charge in [0, 0.05) is 24.1 Å². The number of anilines is 2. The Morgan fingerprint density at radius 2 is 2.00 bits per heavy atom. The van der Waals surface area contributed by atoms with Gasteiger partial charge in [-0.15, -0.1) is 11.3 Å². The number of hydrogen-bond donors (Lipinski definition) is 1. The summed E-state index contributed by atoms with van der Waals surface area (Å²) in [6.07, 6.45) is 6.52. The van der Waals surface area contributed by atoms with Crippen LogP contribution in [0, 0.1) is 13.8 Å². The molecule has 1 amide bonds. The summed E-state index contributed by atoms with van der Waals surface area (Å²) in [5.41, 5.74) is 2.87. The summed E-state index contributed by atoms with van der Waals surface area (Å²) < 4.78 is 0. The van der Waals surface area contributed by atoms with Crippen molar-refractivity contribution in [1.29, 1.82) is 0 Å². The number of thiazole rings is 1. The van der Waals surface area contributed by atoms with Gasteiger partial charge in [-0.2, -0.15) is 0 Å². The highest BCUT2D eigenvalue weighted by Crippen LogP contribution is 2.32. The maximum Gasteiger partial charge on any atom is 0.247 e. The van der Waals surface area contributed by atoms with E-state index in [-0.39, 0.29) is 11.9 Å². The topological polar surface area (TPSA) is 71.0 Å².